The van der Waals surface area contributed by atoms with Crippen molar-refractivity contribution in [2.45, 2.75) is 25.9 Å². The van der Waals surface area contributed by atoms with Gasteiger partial charge in [0.2, 0.25) is 0 Å². The molecule has 4 rings (SSSR count). The maximum atomic E-state index is 11.1. The van der Waals surface area contributed by atoms with E-state index in [0.717, 1.165) is 42.8 Å². The molecule has 0 bridgehead atoms. The van der Waals surface area contributed by atoms with Crippen molar-refractivity contribution in [3.63, 3.8) is 0 Å². The van der Waals surface area contributed by atoms with Crippen molar-refractivity contribution in [1.29, 1.82) is 0 Å². The summed E-state index contributed by atoms with van der Waals surface area (Å²) in [5, 5.41) is 9.09. The van der Waals surface area contributed by atoms with Crippen LogP contribution in [0, 0.1) is 0 Å². The molecule has 0 saturated carbocycles. The number of carboxylic acid groups (broad SMARTS) is 1. The normalized spacial score (nSPS) is 16.5. The molecule has 2 aromatic carbocycles. The second-order valence-corrected chi connectivity index (χ2v) is 7.13. The molecule has 0 atom stereocenters. The lowest BCUT2D eigenvalue weighted by atomic mass is 9.86. The fourth-order valence-electron chi connectivity index (χ4n) is 3.89. The van der Waals surface area contributed by atoms with Gasteiger partial charge in [0.25, 0.3) is 0 Å². The number of halogens is 1. The van der Waals surface area contributed by atoms with Gasteiger partial charge < -0.3 is 14.7 Å². The number of ether oxygens (including phenoxy) is 1. The Kier molecular flexibility index (Phi) is 5.88. The summed E-state index contributed by atoms with van der Waals surface area (Å²) in [7, 11) is 2.16. The molecule has 2 aliphatic heterocycles. The number of carboxylic acids is 1. The summed E-state index contributed by atoms with van der Waals surface area (Å²) in [6.45, 7) is 2.64. The van der Waals surface area contributed by atoms with Crippen LogP contribution in [0.2, 0.25) is 0 Å². The van der Waals surface area contributed by atoms with E-state index in [4.69, 9.17) is 9.84 Å². The third-order valence-corrected chi connectivity index (χ3v) is 5.28. The van der Waals surface area contributed by atoms with E-state index in [1.807, 2.05) is 24.3 Å². The first-order valence-corrected chi connectivity index (χ1v) is 9.08. The van der Waals surface area contributed by atoms with Crippen molar-refractivity contribution in [3.8, 4) is 5.75 Å². The van der Waals surface area contributed by atoms with Gasteiger partial charge in [-0.2, -0.15) is 0 Å². The van der Waals surface area contributed by atoms with Gasteiger partial charge in [0.15, 0.2) is 0 Å². The number of fused-ring (bicyclic) bond motifs is 2. The van der Waals surface area contributed by atoms with Crippen LogP contribution >= 0.6 is 12.4 Å². The predicted molar refractivity (Wildman–Crippen MR) is 109 cm³/mol. The van der Waals surface area contributed by atoms with Crippen molar-refractivity contribution in [2.24, 2.45) is 0 Å². The summed E-state index contributed by atoms with van der Waals surface area (Å²) >= 11 is 0. The molecule has 0 aliphatic carbocycles. The number of carbonyl (C=O) groups is 1. The van der Waals surface area contributed by atoms with Crippen LogP contribution in [0.1, 0.15) is 35.1 Å². The van der Waals surface area contributed by atoms with Gasteiger partial charge in [-0.1, -0.05) is 42.0 Å². The van der Waals surface area contributed by atoms with E-state index in [-0.39, 0.29) is 18.8 Å². The zero-order chi connectivity index (χ0) is 18.1. The second-order valence-electron chi connectivity index (χ2n) is 7.13. The quantitative estimate of drug-likeness (QED) is 0.843. The Bertz CT molecular complexity index is 881. The van der Waals surface area contributed by atoms with Crippen molar-refractivity contribution >= 4 is 23.9 Å². The molecule has 1 N–H and O–H groups in total. The average molecular weight is 386 g/mol. The average Bonchev–Trinajstić information content (AvgIpc) is 2.79. The first-order valence-electron chi connectivity index (χ1n) is 9.08. The van der Waals surface area contributed by atoms with E-state index in [1.54, 1.807) is 0 Å². The van der Waals surface area contributed by atoms with E-state index in [0.29, 0.717) is 6.61 Å². The highest BCUT2D eigenvalue weighted by molar-refractivity contribution is 5.87. The predicted octanol–water partition coefficient (Wildman–Crippen LogP) is 4.16. The van der Waals surface area contributed by atoms with Gasteiger partial charge in [-0.05, 0) is 48.2 Å². The molecule has 1 fully saturated rings. The molecule has 1 saturated heterocycles. The van der Waals surface area contributed by atoms with Crippen LogP contribution in [0.5, 0.6) is 5.75 Å². The van der Waals surface area contributed by atoms with Crippen molar-refractivity contribution in [3.05, 3.63) is 70.3 Å². The lowest BCUT2D eigenvalue weighted by molar-refractivity contribution is -0.136. The zero-order valence-electron chi connectivity index (χ0n) is 15.4. The second kappa shape index (κ2) is 8.15. The maximum Gasteiger partial charge on any atom is 0.307 e. The lowest BCUT2D eigenvalue weighted by Gasteiger charge is -2.27. The van der Waals surface area contributed by atoms with E-state index in [2.05, 4.69) is 30.1 Å². The molecular weight excluding hydrogens is 362 g/mol. The smallest absolute Gasteiger partial charge is 0.307 e. The molecule has 5 heteroatoms. The maximum absolute atomic E-state index is 11.1. The number of rotatable bonds is 2. The van der Waals surface area contributed by atoms with Crippen molar-refractivity contribution < 1.29 is 14.6 Å². The summed E-state index contributed by atoms with van der Waals surface area (Å²) in [5.41, 5.74) is 7.04. The number of hydrogen-bond donors (Lipinski definition) is 1. The minimum absolute atomic E-state index is 0. The molecule has 0 radical (unpaired) electrons. The number of benzene rings is 2. The fourth-order valence-corrected chi connectivity index (χ4v) is 3.89. The van der Waals surface area contributed by atoms with E-state index < -0.39 is 5.97 Å². The third kappa shape index (κ3) is 4.02. The van der Waals surface area contributed by atoms with Gasteiger partial charge >= 0.3 is 5.97 Å². The van der Waals surface area contributed by atoms with E-state index in [9.17, 15) is 4.79 Å². The fraction of sp³-hybridized carbons (Fsp3) is 0.318. The molecule has 2 aliphatic rings. The standard InChI is InChI=1S/C22H23NO3.ClH/c1-23-10-8-16(9-11-23)22-18-5-3-2-4-17(18)14-26-20-12-15(13-21(24)25)6-7-19(20)22;/h2-7,12H,8-11,13-14H2,1H3,(H,24,25);1H. The highest BCUT2D eigenvalue weighted by atomic mass is 35.5. The number of nitrogens with zero attached hydrogens (tertiary/aromatic N) is 1. The Morgan fingerprint density at radius 3 is 2.59 bits per heavy atom. The number of hydrogen-bond acceptors (Lipinski definition) is 3. The zero-order valence-corrected chi connectivity index (χ0v) is 16.2. The number of likely N-dealkylation sites (tertiary alicyclic amines) is 1. The third-order valence-electron chi connectivity index (χ3n) is 5.28. The summed E-state index contributed by atoms with van der Waals surface area (Å²) in [4.78, 5) is 13.4. The summed E-state index contributed by atoms with van der Waals surface area (Å²) in [5.74, 6) is -0.0304. The van der Waals surface area contributed by atoms with E-state index >= 15 is 0 Å². The number of piperidine rings is 1. The Morgan fingerprint density at radius 1 is 1.11 bits per heavy atom. The number of aliphatic carboxylic acids is 1. The van der Waals surface area contributed by atoms with Crippen LogP contribution in [0.3, 0.4) is 0 Å². The molecular formula is C22H24ClNO3. The van der Waals surface area contributed by atoms with Crippen LogP contribution in [-0.4, -0.2) is 36.1 Å². The molecule has 0 spiro atoms. The summed E-state index contributed by atoms with van der Waals surface area (Å²) in [6.07, 6.45) is 2.12. The van der Waals surface area contributed by atoms with Crippen LogP contribution in [0.15, 0.2) is 48.0 Å². The molecule has 0 amide bonds. The minimum atomic E-state index is -0.823. The first-order chi connectivity index (χ1) is 12.6. The Hall–Kier alpha value is -2.30. The Morgan fingerprint density at radius 2 is 1.85 bits per heavy atom. The lowest BCUT2D eigenvalue weighted by Crippen LogP contribution is -2.27. The monoisotopic (exact) mass is 385 g/mol. The van der Waals surface area contributed by atoms with Crippen LogP contribution in [0.4, 0.5) is 0 Å². The Balaban J connectivity index is 0.00000210. The topological polar surface area (TPSA) is 49.8 Å². The van der Waals surface area contributed by atoms with Gasteiger partial charge in [0.1, 0.15) is 12.4 Å². The molecule has 4 nitrogen and oxygen atoms in total. The molecule has 0 aromatic heterocycles. The SMILES string of the molecule is CN1CCC(=C2c3ccccc3COc3cc(CC(=O)O)ccc32)CC1.Cl. The van der Waals surface area contributed by atoms with Crippen LogP contribution < -0.4 is 4.74 Å². The summed E-state index contributed by atoms with van der Waals surface area (Å²) < 4.78 is 6.10. The van der Waals surface area contributed by atoms with Crippen LogP contribution in [0.25, 0.3) is 5.57 Å². The summed E-state index contributed by atoms with van der Waals surface area (Å²) in [6, 6.07) is 14.3. The molecule has 27 heavy (non-hydrogen) atoms. The van der Waals surface area contributed by atoms with Crippen LogP contribution in [-0.2, 0) is 17.8 Å². The molecule has 142 valence electrons. The van der Waals surface area contributed by atoms with E-state index in [1.165, 1.54) is 22.3 Å². The van der Waals surface area contributed by atoms with Gasteiger partial charge in [-0.15, -0.1) is 12.4 Å². The molecule has 0 unspecified atom stereocenters. The highest BCUT2D eigenvalue weighted by Crippen LogP contribution is 2.41. The Labute approximate surface area is 165 Å². The van der Waals surface area contributed by atoms with Crippen molar-refractivity contribution in [2.75, 3.05) is 20.1 Å². The minimum Gasteiger partial charge on any atom is -0.488 e. The van der Waals surface area contributed by atoms with Gasteiger partial charge in [-0.3, -0.25) is 4.79 Å². The largest absolute Gasteiger partial charge is 0.488 e. The van der Waals surface area contributed by atoms with Gasteiger partial charge in [-0.25, -0.2) is 0 Å². The van der Waals surface area contributed by atoms with Crippen molar-refractivity contribution in [1.82, 2.24) is 4.90 Å². The molecule has 2 heterocycles. The highest BCUT2D eigenvalue weighted by Gasteiger charge is 2.24. The first kappa shape index (κ1) is 19.5. The van der Waals surface area contributed by atoms with Gasteiger partial charge in [0, 0.05) is 18.7 Å². The van der Waals surface area contributed by atoms with Gasteiger partial charge in [0.05, 0.1) is 6.42 Å². The molecule has 2 aromatic rings.